The average Bonchev–Trinajstić information content (AvgIpc) is 0.806. The van der Waals surface area contributed by atoms with Gasteiger partial charge in [-0.25, -0.2) is 36.3 Å². The maximum absolute atomic E-state index is 13.2. The number of halogens is 6. The molecule has 12 aromatic rings. The van der Waals surface area contributed by atoms with Crippen molar-refractivity contribution in [1.82, 2.24) is 58.7 Å². The molecule has 0 aliphatic heterocycles. The fourth-order valence-electron chi connectivity index (χ4n) is 11.0. The summed E-state index contributed by atoms with van der Waals surface area (Å²) in [5.74, 6) is 0.398. The molecule has 0 bridgehead atoms. The van der Waals surface area contributed by atoms with Crippen molar-refractivity contribution in [3.63, 3.8) is 0 Å². The monoisotopic (exact) mass is 1430 g/mol. The van der Waals surface area contributed by atoms with Gasteiger partial charge in [-0.15, -0.1) is 0 Å². The molecule has 4 heterocycles. The maximum atomic E-state index is 13.2. The van der Waals surface area contributed by atoms with Crippen LogP contribution in [0.15, 0.2) is 213 Å². The molecule has 536 valence electrons. The van der Waals surface area contributed by atoms with Gasteiger partial charge in [0.05, 0.1) is 33.6 Å². The van der Waals surface area contributed by atoms with Crippen LogP contribution in [0.3, 0.4) is 0 Å². The minimum absolute atomic E-state index is 0.0402. The van der Waals surface area contributed by atoms with Crippen LogP contribution < -0.4 is 44.3 Å². The van der Waals surface area contributed by atoms with Crippen LogP contribution >= 0.6 is 23.2 Å². The van der Waals surface area contributed by atoms with Gasteiger partial charge < -0.3 is 41.7 Å². The quantitative estimate of drug-likeness (QED) is 0.0659. The molecule has 8 aromatic carbocycles. The molecular formula is C76H86Cl2F4N16O4. The lowest BCUT2D eigenvalue weighted by atomic mass is 10.1. The zero-order valence-corrected chi connectivity index (χ0v) is 60.5. The van der Waals surface area contributed by atoms with Crippen molar-refractivity contribution >= 4 is 77.9 Å². The number of nitrogens with two attached hydrogens (primary N) is 2. The van der Waals surface area contributed by atoms with Gasteiger partial charge in [-0.2, -0.15) is 20.4 Å². The Morgan fingerprint density at radius 2 is 0.539 bits per heavy atom. The lowest BCUT2D eigenvalue weighted by molar-refractivity contribution is 0.306. The van der Waals surface area contributed by atoms with Gasteiger partial charge in [-0.05, 0) is 151 Å². The molecule has 12 rings (SSSR count). The van der Waals surface area contributed by atoms with Crippen molar-refractivity contribution in [2.75, 3.05) is 93.2 Å². The molecule has 102 heavy (non-hydrogen) atoms. The summed E-state index contributed by atoms with van der Waals surface area (Å²) in [7, 11) is 22.2. The second-order valence-electron chi connectivity index (χ2n) is 24.5. The van der Waals surface area contributed by atoms with Crippen molar-refractivity contribution in [2.45, 2.75) is 24.2 Å². The molecule has 20 nitrogen and oxygen atoms in total. The van der Waals surface area contributed by atoms with E-state index in [1.165, 1.54) is 67.3 Å². The van der Waals surface area contributed by atoms with Crippen molar-refractivity contribution in [3.05, 3.63) is 291 Å². The summed E-state index contributed by atoms with van der Waals surface area (Å²) in [5, 5.41) is 29.3. The van der Waals surface area contributed by atoms with Gasteiger partial charge >= 0.3 is 0 Å². The molecule has 0 saturated carbocycles. The number of rotatable bonds is 16. The lowest BCUT2D eigenvalue weighted by Gasteiger charge is -2.25. The van der Waals surface area contributed by atoms with E-state index >= 15 is 0 Å². The zero-order chi connectivity index (χ0) is 74.5. The first-order valence-electron chi connectivity index (χ1n) is 32.3. The molecule has 0 fully saturated rings. The van der Waals surface area contributed by atoms with Gasteiger partial charge in [-0.3, -0.25) is 19.2 Å². The highest BCUT2D eigenvalue weighted by molar-refractivity contribution is 6.34. The molecule has 0 spiro atoms. The summed E-state index contributed by atoms with van der Waals surface area (Å²) >= 11 is 11.7. The summed E-state index contributed by atoms with van der Waals surface area (Å²) in [4.78, 5) is 55.6. The number of nitrogens with one attached hydrogen (secondary N) is 2. The third-order valence-corrected chi connectivity index (χ3v) is 17.2. The van der Waals surface area contributed by atoms with E-state index in [0.717, 1.165) is 33.0 Å². The Labute approximate surface area is 599 Å². The Morgan fingerprint density at radius 3 is 0.775 bits per heavy atom. The minimum atomic E-state index is -0.250. The normalized spacial score (nSPS) is 12.2. The molecule has 4 aromatic heterocycles. The number of anilines is 2. The molecule has 4 atom stereocenters. The van der Waals surface area contributed by atoms with E-state index in [1.54, 1.807) is 125 Å². The highest BCUT2D eigenvalue weighted by Gasteiger charge is 2.19. The lowest BCUT2D eigenvalue weighted by Crippen LogP contribution is -2.28. The predicted octanol–water partition coefficient (Wildman–Crippen LogP) is 11.5. The molecular weight excluding hydrogens is 1350 g/mol. The minimum Gasteiger partial charge on any atom is -0.366 e. The van der Waals surface area contributed by atoms with E-state index in [0.29, 0.717) is 80.4 Å². The number of aromatic nitrogens is 8. The maximum Gasteiger partial charge on any atom is 0.274 e. The SMILES string of the molecule is CN(C)C(CN)c1ccc(F)cc1.CN(C)C(CN)c1ccc(F)cc1.CN(C)C(CNc1nn(C)c(=O)c2ccccc12)c1ccc(F)cc1.CN(C)C(CNc1nn(C)c(=O)c2ccccc12)c1ccc(F)cc1.Cn1nc(Cl)c2ccccc2c1=O.Cn1nc(Cl)c2ccccc2c1=O. The Bertz CT molecular complexity index is 4650. The second kappa shape index (κ2) is 37.6. The smallest absolute Gasteiger partial charge is 0.274 e. The predicted molar refractivity (Wildman–Crippen MR) is 404 cm³/mol. The number of hydrogen-bond acceptors (Lipinski definition) is 16. The Kier molecular flexibility index (Phi) is 29.2. The Morgan fingerprint density at radius 1 is 0.333 bits per heavy atom. The van der Waals surface area contributed by atoms with Crippen LogP contribution in [0.2, 0.25) is 10.3 Å². The second-order valence-corrected chi connectivity index (χ2v) is 25.2. The third-order valence-electron chi connectivity index (χ3n) is 16.6. The number of likely N-dealkylation sites (N-methyl/N-ethyl adjacent to an activating group) is 4. The standard InChI is InChI=1S/2C19H21FN4O.2C10H15FN2.2C9H7ClN2O/c2*1-23(2)17(13-8-10-14(20)11-9-13)12-21-18-15-6-4-5-7-16(15)19(25)24(3)22-18;2*1-13(2)10(7-12)8-3-5-9(11)6-4-8;2*1-12-9(13)7-5-3-2-4-6(7)8(10)11-12/h2*4-11,17H,12H2,1-3H3,(H,21,22);2*3-6,10H,7,12H2,1-2H3;2*2-5H,1H3. The molecule has 0 radical (unpaired) electrons. The summed E-state index contributed by atoms with van der Waals surface area (Å²) in [5.41, 5.74) is 14.8. The van der Waals surface area contributed by atoms with Crippen LogP contribution in [-0.4, -0.2) is 141 Å². The first kappa shape index (κ1) is 79.3. The Balaban J connectivity index is 0.000000177. The van der Waals surface area contributed by atoms with Crippen LogP contribution in [0, 0.1) is 23.3 Å². The molecule has 6 N–H and O–H groups in total. The third kappa shape index (κ3) is 21.0. The van der Waals surface area contributed by atoms with Crippen molar-refractivity contribution in [2.24, 2.45) is 39.7 Å². The topological polar surface area (TPSA) is 229 Å². The van der Waals surface area contributed by atoms with Gasteiger partial charge in [0.15, 0.2) is 21.9 Å². The molecule has 0 saturated heterocycles. The summed E-state index contributed by atoms with van der Waals surface area (Å²) in [6.45, 7) is 2.24. The molecule has 0 aliphatic carbocycles. The molecule has 26 heteroatoms. The van der Waals surface area contributed by atoms with Gasteiger partial charge in [0.1, 0.15) is 23.3 Å². The highest BCUT2D eigenvalue weighted by atomic mass is 35.5. The van der Waals surface area contributed by atoms with Gasteiger partial charge in [0, 0.05) is 88.0 Å². The molecule has 0 amide bonds. The first-order valence-corrected chi connectivity index (χ1v) is 33.1. The van der Waals surface area contributed by atoms with E-state index < -0.39 is 0 Å². The van der Waals surface area contributed by atoms with Crippen LogP contribution in [0.25, 0.3) is 43.1 Å². The van der Waals surface area contributed by atoms with Crippen LogP contribution in [-0.2, 0) is 28.2 Å². The summed E-state index contributed by atoms with van der Waals surface area (Å²) in [6, 6.07) is 55.5. The number of fused-ring (bicyclic) bond motifs is 4. The van der Waals surface area contributed by atoms with Crippen molar-refractivity contribution in [3.8, 4) is 0 Å². The van der Waals surface area contributed by atoms with E-state index in [-0.39, 0.29) is 69.7 Å². The van der Waals surface area contributed by atoms with Crippen molar-refractivity contribution in [1.29, 1.82) is 0 Å². The Hall–Kier alpha value is -10.0. The fourth-order valence-corrected chi connectivity index (χ4v) is 11.5. The first-order chi connectivity index (χ1) is 48.6. The average molecular weight is 1430 g/mol. The number of nitrogens with zero attached hydrogens (tertiary/aromatic N) is 12. The van der Waals surface area contributed by atoms with Crippen LogP contribution in [0.1, 0.15) is 46.4 Å². The van der Waals surface area contributed by atoms with E-state index in [1.807, 2.05) is 115 Å². The summed E-state index contributed by atoms with van der Waals surface area (Å²) in [6.07, 6.45) is 0. The molecule has 4 unspecified atom stereocenters. The number of hydrogen-bond donors (Lipinski definition) is 4. The van der Waals surface area contributed by atoms with E-state index in [4.69, 9.17) is 34.7 Å². The summed E-state index contributed by atoms with van der Waals surface area (Å²) < 4.78 is 56.8. The van der Waals surface area contributed by atoms with Gasteiger partial charge in [-0.1, -0.05) is 145 Å². The van der Waals surface area contributed by atoms with Gasteiger partial charge in [0.2, 0.25) is 0 Å². The van der Waals surface area contributed by atoms with Crippen molar-refractivity contribution < 1.29 is 17.6 Å². The van der Waals surface area contributed by atoms with E-state index in [2.05, 4.69) is 40.8 Å². The molecule has 0 aliphatic rings. The largest absolute Gasteiger partial charge is 0.366 e. The zero-order valence-electron chi connectivity index (χ0n) is 59.0. The van der Waals surface area contributed by atoms with E-state index in [9.17, 15) is 36.7 Å². The highest BCUT2D eigenvalue weighted by Crippen LogP contribution is 2.26. The number of benzene rings is 8. The fraction of sp³-hybridized carbons (Fsp3) is 0.263. The van der Waals surface area contributed by atoms with Gasteiger partial charge in [0.25, 0.3) is 22.2 Å². The van der Waals surface area contributed by atoms with Crippen LogP contribution in [0.4, 0.5) is 29.2 Å². The number of aryl methyl sites for hydroxylation is 4. The van der Waals surface area contributed by atoms with Crippen LogP contribution in [0.5, 0.6) is 0 Å².